The fourth-order valence-electron chi connectivity index (χ4n) is 2.51. The van der Waals surface area contributed by atoms with Crippen LogP contribution in [0.4, 0.5) is 0 Å². The Labute approximate surface area is 125 Å². The van der Waals surface area contributed by atoms with Crippen molar-refractivity contribution >= 4 is 11.0 Å². The molecule has 1 aromatic heterocycles. The first kappa shape index (κ1) is 13.8. The summed E-state index contributed by atoms with van der Waals surface area (Å²) in [7, 11) is 0. The third-order valence-electron chi connectivity index (χ3n) is 3.66. The number of rotatable bonds is 6. The highest BCUT2D eigenvalue weighted by molar-refractivity contribution is 5.75. The fraction of sp³-hybridized carbons (Fsp3) is 0.278. The van der Waals surface area contributed by atoms with Crippen LogP contribution in [0, 0.1) is 0 Å². The molecule has 3 heteroatoms. The van der Waals surface area contributed by atoms with Gasteiger partial charge in [0.25, 0.3) is 0 Å². The van der Waals surface area contributed by atoms with Crippen LogP contribution in [-0.4, -0.2) is 16.1 Å². The Morgan fingerprint density at radius 3 is 2.57 bits per heavy atom. The largest absolute Gasteiger partial charge is 0.326 e. The summed E-state index contributed by atoms with van der Waals surface area (Å²) >= 11 is 0. The zero-order chi connectivity index (χ0) is 14.5. The minimum absolute atomic E-state index is 0.864. The Bertz CT molecular complexity index is 698. The summed E-state index contributed by atoms with van der Waals surface area (Å²) < 4.78 is 2.19. The van der Waals surface area contributed by atoms with E-state index in [0.29, 0.717) is 0 Å². The molecule has 0 spiro atoms. The van der Waals surface area contributed by atoms with Crippen molar-refractivity contribution in [1.29, 1.82) is 0 Å². The maximum Gasteiger partial charge on any atom is 0.0961 e. The van der Waals surface area contributed by atoms with Gasteiger partial charge in [0, 0.05) is 13.1 Å². The lowest BCUT2D eigenvalue weighted by atomic mass is 10.1. The van der Waals surface area contributed by atoms with Crippen molar-refractivity contribution in [2.24, 2.45) is 0 Å². The normalized spacial score (nSPS) is 11.1. The van der Waals surface area contributed by atoms with E-state index < -0.39 is 0 Å². The summed E-state index contributed by atoms with van der Waals surface area (Å²) in [5, 5.41) is 3.43. The standard InChI is InChI=1S/C18H21N3/c1-2-11-19-12-15-7-9-16(10-8-15)13-21-14-20-17-5-3-4-6-18(17)21/h3-10,14,19H,2,11-13H2,1H3. The molecular formula is C18H21N3. The molecule has 0 amide bonds. The molecule has 0 fully saturated rings. The van der Waals surface area contributed by atoms with E-state index in [4.69, 9.17) is 0 Å². The van der Waals surface area contributed by atoms with Crippen molar-refractivity contribution in [2.75, 3.05) is 6.54 Å². The van der Waals surface area contributed by atoms with Gasteiger partial charge in [-0.15, -0.1) is 0 Å². The topological polar surface area (TPSA) is 29.9 Å². The summed E-state index contributed by atoms with van der Waals surface area (Å²) in [5.41, 5.74) is 4.88. The first-order valence-corrected chi connectivity index (χ1v) is 7.55. The molecule has 3 nitrogen and oxygen atoms in total. The molecule has 0 aliphatic rings. The van der Waals surface area contributed by atoms with E-state index in [0.717, 1.165) is 25.2 Å². The molecule has 21 heavy (non-hydrogen) atoms. The minimum Gasteiger partial charge on any atom is -0.326 e. The quantitative estimate of drug-likeness (QED) is 0.699. The van der Waals surface area contributed by atoms with Gasteiger partial charge in [-0.25, -0.2) is 4.98 Å². The van der Waals surface area contributed by atoms with Gasteiger partial charge in [0.2, 0.25) is 0 Å². The second kappa shape index (κ2) is 6.55. The second-order valence-corrected chi connectivity index (χ2v) is 5.35. The van der Waals surface area contributed by atoms with E-state index in [1.807, 2.05) is 18.5 Å². The average Bonchev–Trinajstić information content (AvgIpc) is 2.93. The van der Waals surface area contributed by atoms with Crippen LogP contribution < -0.4 is 5.32 Å². The summed E-state index contributed by atoms with van der Waals surface area (Å²) in [5.74, 6) is 0. The van der Waals surface area contributed by atoms with Gasteiger partial charge in [-0.3, -0.25) is 0 Å². The maximum absolute atomic E-state index is 4.44. The molecule has 2 aromatic carbocycles. The summed E-state index contributed by atoms with van der Waals surface area (Å²) in [6.07, 6.45) is 3.09. The highest BCUT2D eigenvalue weighted by Crippen LogP contribution is 2.14. The molecule has 0 aliphatic heterocycles. The number of benzene rings is 2. The van der Waals surface area contributed by atoms with E-state index in [2.05, 4.69) is 58.2 Å². The van der Waals surface area contributed by atoms with Crippen LogP contribution in [0.5, 0.6) is 0 Å². The lowest BCUT2D eigenvalue weighted by Crippen LogP contribution is -2.13. The number of imidazole rings is 1. The molecule has 108 valence electrons. The van der Waals surface area contributed by atoms with Crippen molar-refractivity contribution in [3.8, 4) is 0 Å². The SMILES string of the molecule is CCCNCc1ccc(Cn2cnc3ccccc32)cc1. The van der Waals surface area contributed by atoms with Crippen molar-refractivity contribution < 1.29 is 0 Å². The zero-order valence-corrected chi connectivity index (χ0v) is 12.4. The number of hydrogen-bond acceptors (Lipinski definition) is 2. The Balaban J connectivity index is 1.70. The number of para-hydroxylation sites is 2. The molecule has 0 atom stereocenters. The summed E-state index contributed by atoms with van der Waals surface area (Å²) in [6, 6.07) is 17.1. The van der Waals surface area contributed by atoms with Crippen LogP contribution in [0.25, 0.3) is 11.0 Å². The van der Waals surface area contributed by atoms with Gasteiger partial charge in [0.15, 0.2) is 0 Å². The van der Waals surface area contributed by atoms with Crippen molar-refractivity contribution in [1.82, 2.24) is 14.9 Å². The van der Waals surface area contributed by atoms with Gasteiger partial charge >= 0.3 is 0 Å². The molecule has 3 rings (SSSR count). The third-order valence-corrected chi connectivity index (χ3v) is 3.66. The molecule has 1 N–H and O–H groups in total. The van der Waals surface area contributed by atoms with Crippen LogP contribution in [0.3, 0.4) is 0 Å². The van der Waals surface area contributed by atoms with Crippen molar-refractivity contribution in [3.63, 3.8) is 0 Å². The lowest BCUT2D eigenvalue weighted by Gasteiger charge is -2.07. The molecule has 1 heterocycles. The number of nitrogens with zero attached hydrogens (tertiary/aromatic N) is 2. The predicted molar refractivity (Wildman–Crippen MR) is 87.3 cm³/mol. The lowest BCUT2D eigenvalue weighted by molar-refractivity contribution is 0.675. The number of hydrogen-bond donors (Lipinski definition) is 1. The van der Waals surface area contributed by atoms with Crippen molar-refractivity contribution in [2.45, 2.75) is 26.4 Å². The van der Waals surface area contributed by atoms with Crippen LogP contribution in [0.2, 0.25) is 0 Å². The highest BCUT2D eigenvalue weighted by atomic mass is 15.0. The van der Waals surface area contributed by atoms with E-state index in [1.54, 1.807) is 0 Å². The van der Waals surface area contributed by atoms with Crippen LogP contribution in [0.1, 0.15) is 24.5 Å². The summed E-state index contributed by atoms with van der Waals surface area (Å²) in [4.78, 5) is 4.44. The van der Waals surface area contributed by atoms with Crippen molar-refractivity contribution in [3.05, 3.63) is 66.0 Å². The van der Waals surface area contributed by atoms with E-state index in [1.165, 1.54) is 23.1 Å². The predicted octanol–water partition coefficient (Wildman–Crippen LogP) is 3.58. The van der Waals surface area contributed by atoms with E-state index >= 15 is 0 Å². The Morgan fingerprint density at radius 2 is 1.76 bits per heavy atom. The van der Waals surface area contributed by atoms with Crippen LogP contribution in [0.15, 0.2) is 54.9 Å². The maximum atomic E-state index is 4.44. The van der Waals surface area contributed by atoms with Gasteiger partial charge in [-0.05, 0) is 36.2 Å². The molecule has 0 radical (unpaired) electrons. The third kappa shape index (κ3) is 3.31. The number of aromatic nitrogens is 2. The van der Waals surface area contributed by atoms with Gasteiger partial charge in [0.05, 0.1) is 17.4 Å². The van der Waals surface area contributed by atoms with E-state index in [-0.39, 0.29) is 0 Å². The molecule has 0 aliphatic carbocycles. The average molecular weight is 279 g/mol. The molecule has 0 saturated carbocycles. The summed E-state index contributed by atoms with van der Waals surface area (Å²) in [6.45, 7) is 5.07. The number of nitrogens with one attached hydrogen (secondary N) is 1. The first-order chi connectivity index (χ1) is 10.4. The first-order valence-electron chi connectivity index (χ1n) is 7.55. The van der Waals surface area contributed by atoms with Gasteiger partial charge in [-0.1, -0.05) is 43.3 Å². The molecular weight excluding hydrogens is 258 g/mol. The monoisotopic (exact) mass is 279 g/mol. The molecule has 0 saturated heterocycles. The molecule has 3 aromatic rings. The minimum atomic E-state index is 0.864. The van der Waals surface area contributed by atoms with E-state index in [9.17, 15) is 0 Å². The van der Waals surface area contributed by atoms with Gasteiger partial charge < -0.3 is 9.88 Å². The zero-order valence-electron chi connectivity index (χ0n) is 12.4. The van der Waals surface area contributed by atoms with Crippen LogP contribution in [-0.2, 0) is 13.1 Å². The Morgan fingerprint density at radius 1 is 1.00 bits per heavy atom. The fourth-order valence-corrected chi connectivity index (χ4v) is 2.51. The van der Waals surface area contributed by atoms with Gasteiger partial charge in [0.1, 0.15) is 0 Å². The Kier molecular flexibility index (Phi) is 4.31. The number of fused-ring (bicyclic) bond motifs is 1. The molecule has 0 unspecified atom stereocenters. The van der Waals surface area contributed by atoms with Gasteiger partial charge in [-0.2, -0.15) is 0 Å². The smallest absolute Gasteiger partial charge is 0.0961 e. The van der Waals surface area contributed by atoms with Crippen LogP contribution >= 0.6 is 0 Å². The highest BCUT2D eigenvalue weighted by Gasteiger charge is 2.02. The second-order valence-electron chi connectivity index (χ2n) is 5.35. The molecule has 0 bridgehead atoms. The Hall–Kier alpha value is -2.13.